The van der Waals surface area contributed by atoms with Crippen LogP contribution in [-0.2, 0) is 68.2 Å². The minimum Gasteiger partial charge on any atom is -0.460 e. The zero-order chi connectivity index (χ0) is 32.1. The first-order valence-corrected chi connectivity index (χ1v) is 15.5. The molecule has 1 rings (SSSR count). The van der Waals surface area contributed by atoms with Gasteiger partial charge < -0.3 is 56.8 Å². The molecule has 0 N–H and O–H groups in total. The van der Waals surface area contributed by atoms with Crippen LogP contribution in [0.25, 0.3) is 0 Å². The predicted octanol–water partition coefficient (Wildman–Crippen LogP) is 2.10. The Morgan fingerprint density at radius 3 is 0.978 bits per heavy atom. The lowest BCUT2D eigenvalue weighted by Crippen LogP contribution is -2.15. The molecule has 0 amide bonds. The van der Waals surface area contributed by atoms with Gasteiger partial charge in [-0.2, -0.15) is 0 Å². The molecule has 0 aliphatic heterocycles. The first kappa shape index (κ1) is 41.0. The lowest BCUT2D eigenvalue weighted by Gasteiger charge is -2.09. The van der Waals surface area contributed by atoms with Crippen molar-refractivity contribution in [1.29, 1.82) is 0 Å². The van der Waals surface area contributed by atoms with E-state index in [1.807, 2.05) is 30.3 Å². The molecule has 13 heteroatoms. The summed E-state index contributed by atoms with van der Waals surface area (Å²) in [6.45, 7) is 14.4. The zero-order valence-corrected chi connectivity index (χ0v) is 26.7. The highest BCUT2D eigenvalue weighted by Gasteiger charge is 1.98. The van der Waals surface area contributed by atoms with E-state index in [0.717, 1.165) is 11.6 Å². The molecule has 45 heavy (non-hydrogen) atoms. The van der Waals surface area contributed by atoms with Gasteiger partial charge in [-0.3, -0.25) is 0 Å². The first-order chi connectivity index (χ1) is 22.3. The third-order valence-electron chi connectivity index (χ3n) is 5.47. The van der Waals surface area contributed by atoms with Crippen molar-refractivity contribution in [2.24, 2.45) is 0 Å². The highest BCUT2D eigenvalue weighted by molar-refractivity contribution is 5.81. The van der Waals surface area contributed by atoms with E-state index in [-0.39, 0.29) is 6.61 Å². The summed E-state index contributed by atoms with van der Waals surface area (Å²) in [5.74, 6) is -0.459. The molecule has 260 valence electrons. The van der Waals surface area contributed by atoms with Crippen LogP contribution in [0.15, 0.2) is 43.0 Å². The number of hydrogen-bond acceptors (Lipinski definition) is 13. The molecule has 0 spiro atoms. The van der Waals surface area contributed by atoms with Gasteiger partial charge in [-0.15, -0.1) is 0 Å². The fourth-order valence-corrected chi connectivity index (χ4v) is 3.22. The second-order valence-electron chi connectivity index (χ2n) is 9.03. The molecule has 0 fully saturated rings. The van der Waals surface area contributed by atoms with Gasteiger partial charge in [0.2, 0.25) is 0 Å². The summed E-state index contributed by atoms with van der Waals surface area (Å²) in [5.41, 5.74) is 1.16. The van der Waals surface area contributed by atoms with Gasteiger partial charge in [-0.25, -0.2) is 4.79 Å². The number of rotatable bonds is 36. The average Bonchev–Trinajstić information content (AvgIpc) is 3.06. The first-order valence-electron chi connectivity index (χ1n) is 15.5. The van der Waals surface area contributed by atoms with Crippen LogP contribution in [0.4, 0.5) is 0 Å². The summed E-state index contributed by atoms with van der Waals surface area (Å²) in [6, 6.07) is 10.1. The minimum atomic E-state index is -0.459. The molecule has 0 radical (unpaired) electrons. The van der Waals surface area contributed by atoms with Crippen LogP contribution in [0.3, 0.4) is 0 Å². The van der Waals surface area contributed by atoms with Gasteiger partial charge in [0.05, 0.1) is 145 Å². The molecule has 0 saturated heterocycles. The van der Waals surface area contributed by atoms with Crippen LogP contribution in [-0.4, -0.2) is 151 Å². The molecule has 0 aliphatic rings. The van der Waals surface area contributed by atoms with Gasteiger partial charge in [0.25, 0.3) is 0 Å². The fourth-order valence-electron chi connectivity index (χ4n) is 3.22. The molecule has 13 nitrogen and oxygen atoms in total. The Labute approximate surface area is 268 Å². The SMILES string of the molecule is C=CC(=O)OCCOCCOCCOCCOCCOCCOCCOCCOCCOCCOCCOCc1ccccc1. The zero-order valence-electron chi connectivity index (χ0n) is 26.7. The molecule has 1 aromatic carbocycles. The highest BCUT2D eigenvalue weighted by atomic mass is 16.6. The van der Waals surface area contributed by atoms with E-state index < -0.39 is 5.97 Å². The third kappa shape index (κ3) is 31.7. The van der Waals surface area contributed by atoms with Crippen molar-refractivity contribution in [2.75, 3.05) is 145 Å². The van der Waals surface area contributed by atoms with Crippen molar-refractivity contribution >= 4 is 5.97 Å². The van der Waals surface area contributed by atoms with Crippen molar-refractivity contribution in [3.05, 3.63) is 48.6 Å². The standard InChI is InChI=1S/C32H54O13/c1-2-32(33)45-29-28-43-25-24-41-21-20-39-17-16-37-13-12-35-9-8-34-10-11-36-14-15-38-18-19-40-22-23-42-26-27-44-30-31-6-4-3-5-7-31/h2-7H,1,8-30H2. The third-order valence-corrected chi connectivity index (χ3v) is 5.47. The van der Waals surface area contributed by atoms with Gasteiger partial charge >= 0.3 is 5.97 Å². The van der Waals surface area contributed by atoms with E-state index in [9.17, 15) is 4.79 Å². The Morgan fingerprint density at radius 2 is 0.689 bits per heavy atom. The highest BCUT2D eigenvalue weighted by Crippen LogP contribution is 2.00. The van der Waals surface area contributed by atoms with Crippen molar-refractivity contribution in [3.8, 4) is 0 Å². The van der Waals surface area contributed by atoms with Crippen LogP contribution in [0, 0.1) is 0 Å². The van der Waals surface area contributed by atoms with E-state index in [2.05, 4.69) is 6.58 Å². The van der Waals surface area contributed by atoms with Gasteiger partial charge in [0.1, 0.15) is 6.61 Å². The average molecular weight is 647 g/mol. The molecule has 0 saturated carbocycles. The van der Waals surface area contributed by atoms with Gasteiger partial charge in [0, 0.05) is 6.08 Å². The van der Waals surface area contributed by atoms with Gasteiger partial charge in [-0.05, 0) is 5.56 Å². The molecule has 1 aromatic rings. The second-order valence-corrected chi connectivity index (χ2v) is 9.03. The van der Waals surface area contributed by atoms with Crippen LogP contribution in [0.5, 0.6) is 0 Å². The number of hydrogen-bond donors (Lipinski definition) is 0. The fraction of sp³-hybridized carbons (Fsp3) is 0.719. The Kier molecular flexibility index (Phi) is 31.8. The Morgan fingerprint density at radius 1 is 0.422 bits per heavy atom. The molecule has 0 bridgehead atoms. The summed E-state index contributed by atoms with van der Waals surface area (Å²) >= 11 is 0. The summed E-state index contributed by atoms with van der Waals surface area (Å²) in [7, 11) is 0. The Bertz CT molecular complexity index is 754. The number of ether oxygens (including phenoxy) is 12. The smallest absolute Gasteiger partial charge is 0.330 e. The predicted molar refractivity (Wildman–Crippen MR) is 165 cm³/mol. The van der Waals surface area contributed by atoms with Crippen molar-refractivity contribution in [3.63, 3.8) is 0 Å². The van der Waals surface area contributed by atoms with Crippen LogP contribution < -0.4 is 0 Å². The lowest BCUT2D eigenvalue weighted by atomic mass is 10.2. The molecule has 0 unspecified atom stereocenters. The van der Waals surface area contributed by atoms with E-state index in [1.165, 1.54) is 0 Å². The Balaban J connectivity index is 1.62. The molecular weight excluding hydrogens is 592 g/mol. The monoisotopic (exact) mass is 646 g/mol. The van der Waals surface area contributed by atoms with E-state index in [1.54, 1.807) is 0 Å². The number of benzene rings is 1. The summed E-state index contributed by atoms with van der Waals surface area (Å²) in [5, 5.41) is 0. The maximum atomic E-state index is 10.8. The van der Waals surface area contributed by atoms with E-state index >= 15 is 0 Å². The summed E-state index contributed by atoms with van der Waals surface area (Å²) < 4.78 is 64.7. The molecule has 0 aliphatic carbocycles. The van der Waals surface area contributed by atoms with Crippen molar-refractivity contribution in [1.82, 2.24) is 0 Å². The number of esters is 1. The normalized spacial score (nSPS) is 11.2. The lowest BCUT2D eigenvalue weighted by molar-refractivity contribution is -0.139. The van der Waals surface area contributed by atoms with Gasteiger partial charge in [-0.1, -0.05) is 36.9 Å². The number of carbonyl (C=O) groups excluding carboxylic acids is 1. The van der Waals surface area contributed by atoms with Crippen molar-refractivity contribution in [2.45, 2.75) is 6.61 Å². The molecular formula is C32H54O13. The van der Waals surface area contributed by atoms with E-state index in [4.69, 9.17) is 56.8 Å². The van der Waals surface area contributed by atoms with Crippen LogP contribution in [0.2, 0.25) is 0 Å². The topological polar surface area (TPSA) is 128 Å². The van der Waals surface area contributed by atoms with Crippen molar-refractivity contribution < 1.29 is 61.6 Å². The molecule has 0 atom stereocenters. The Hall–Kier alpha value is -2.01. The summed E-state index contributed by atoms with van der Waals surface area (Å²) in [6.07, 6.45) is 1.11. The van der Waals surface area contributed by atoms with Crippen LogP contribution in [0.1, 0.15) is 5.56 Å². The maximum Gasteiger partial charge on any atom is 0.330 e. The van der Waals surface area contributed by atoms with Gasteiger partial charge in [0.15, 0.2) is 0 Å². The number of carbonyl (C=O) groups is 1. The van der Waals surface area contributed by atoms with Crippen LogP contribution >= 0.6 is 0 Å². The quantitative estimate of drug-likeness (QED) is 0.0600. The molecule has 0 heterocycles. The largest absolute Gasteiger partial charge is 0.460 e. The van der Waals surface area contributed by atoms with E-state index in [0.29, 0.717) is 145 Å². The molecule has 0 aromatic heterocycles. The minimum absolute atomic E-state index is 0.198. The maximum absolute atomic E-state index is 10.8. The second kappa shape index (κ2) is 34.9. The summed E-state index contributed by atoms with van der Waals surface area (Å²) in [4.78, 5) is 10.8.